The fraction of sp³-hybridized carbons (Fsp3) is 0.412. The number of imide groups is 1. The highest BCUT2D eigenvalue weighted by Crippen LogP contribution is 2.22. The van der Waals surface area contributed by atoms with Crippen molar-refractivity contribution >= 4 is 17.5 Å². The normalized spacial score (nSPS) is 15.0. The Balaban J connectivity index is 1.98. The quantitative estimate of drug-likeness (QED) is 0.782. The number of aliphatic hydroxyl groups excluding tert-OH is 1. The Bertz CT molecular complexity index is 614. The molecule has 2 N–H and O–H groups in total. The number of nitrogens with zero attached hydrogens (tertiary/aromatic N) is 1. The molecule has 6 heteroatoms. The Kier molecular flexibility index (Phi) is 5.05. The Hall–Kier alpha value is -2.34. The average molecular weight is 318 g/mol. The van der Waals surface area contributed by atoms with Gasteiger partial charge < -0.3 is 15.2 Å². The first-order valence-electron chi connectivity index (χ1n) is 7.48. The number of rotatable bonds is 6. The van der Waals surface area contributed by atoms with E-state index in [0.29, 0.717) is 12.3 Å². The minimum Gasteiger partial charge on any atom is -0.493 e. The number of hydrogen-bond donors (Lipinski definition) is 2. The van der Waals surface area contributed by atoms with Gasteiger partial charge in [-0.25, -0.2) is 0 Å². The number of ether oxygens (including phenoxy) is 1. The van der Waals surface area contributed by atoms with Crippen molar-refractivity contribution in [2.24, 2.45) is 5.41 Å². The van der Waals surface area contributed by atoms with E-state index in [4.69, 9.17) is 9.84 Å². The minimum absolute atomic E-state index is 0.00106. The summed E-state index contributed by atoms with van der Waals surface area (Å²) in [7, 11) is 0. The maximum absolute atomic E-state index is 12.0. The number of nitrogens with one attached hydrogen (secondary N) is 1. The summed E-state index contributed by atoms with van der Waals surface area (Å²) in [5.74, 6) is -0.107. The highest BCUT2D eigenvalue weighted by molar-refractivity contribution is 6.17. The molecule has 0 saturated heterocycles. The highest BCUT2D eigenvalue weighted by atomic mass is 16.5. The van der Waals surface area contributed by atoms with Crippen LogP contribution in [0.1, 0.15) is 20.8 Å². The maximum Gasteiger partial charge on any atom is 0.277 e. The fourth-order valence-corrected chi connectivity index (χ4v) is 2.00. The zero-order valence-electron chi connectivity index (χ0n) is 13.6. The number of carbonyl (C=O) groups is 2. The molecule has 0 fully saturated rings. The van der Waals surface area contributed by atoms with Crippen molar-refractivity contribution in [3.8, 4) is 5.75 Å². The summed E-state index contributed by atoms with van der Waals surface area (Å²) >= 11 is 0. The van der Waals surface area contributed by atoms with Crippen LogP contribution >= 0.6 is 0 Å². The Morgan fingerprint density at radius 1 is 1.17 bits per heavy atom. The van der Waals surface area contributed by atoms with Crippen LogP contribution in [0.5, 0.6) is 5.75 Å². The molecule has 2 rings (SSSR count). The largest absolute Gasteiger partial charge is 0.493 e. The van der Waals surface area contributed by atoms with Crippen molar-refractivity contribution in [1.29, 1.82) is 0 Å². The molecule has 0 radical (unpaired) electrons. The van der Waals surface area contributed by atoms with E-state index in [-0.39, 0.29) is 24.3 Å². The van der Waals surface area contributed by atoms with E-state index in [9.17, 15) is 9.59 Å². The standard InChI is InChI=1S/C17H22N2O4/c1-17(2,3)11-23-13-6-4-12(5-7-13)18-14-10-15(21)19(8-9-20)16(14)22/h4-7,10,18,20H,8-9,11H2,1-3H3. The monoisotopic (exact) mass is 318 g/mol. The zero-order chi connectivity index (χ0) is 17.0. The van der Waals surface area contributed by atoms with Crippen molar-refractivity contribution in [1.82, 2.24) is 4.90 Å². The molecule has 1 heterocycles. The van der Waals surface area contributed by atoms with Crippen molar-refractivity contribution in [2.75, 3.05) is 25.1 Å². The summed E-state index contributed by atoms with van der Waals surface area (Å²) in [5.41, 5.74) is 0.965. The third-order valence-electron chi connectivity index (χ3n) is 3.14. The number of carbonyl (C=O) groups excluding carboxylic acids is 2. The Morgan fingerprint density at radius 3 is 2.39 bits per heavy atom. The van der Waals surface area contributed by atoms with Gasteiger partial charge >= 0.3 is 0 Å². The van der Waals surface area contributed by atoms with Gasteiger partial charge in [-0.3, -0.25) is 14.5 Å². The molecule has 0 atom stereocenters. The SMILES string of the molecule is CC(C)(C)COc1ccc(NC2=CC(=O)N(CCO)C2=O)cc1. The Labute approximate surface area is 135 Å². The molecule has 0 spiro atoms. The number of β-amino-alcohol motifs (C(OH)–C–C–N with tert-alkyl or cyclic N) is 1. The molecule has 23 heavy (non-hydrogen) atoms. The van der Waals surface area contributed by atoms with E-state index >= 15 is 0 Å². The maximum atomic E-state index is 12.0. The zero-order valence-corrected chi connectivity index (χ0v) is 13.6. The molecule has 0 aliphatic carbocycles. The van der Waals surface area contributed by atoms with Crippen molar-refractivity contribution < 1.29 is 19.4 Å². The van der Waals surface area contributed by atoms with Crippen LogP contribution in [0.15, 0.2) is 36.0 Å². The van der Waals surface area contributed by atoms with Crippen molar-refractivity contribution in [3.63, 3.8) is 0 Å². The first-order valence-corrected chi connectivity index (χ1v) is 7.48. The number of aliphatic hydroxyl groups is 1. The van der Waals surface area contributed by atoms with E-state index in [2.05, 4.69) is 26.1 Å². The predicted octanol–water partition coefficient (Wildman–Crippen LogP) is 1.77. The van der Waals surface area contributed by atoms with Crippen LogP contribution in [-0.4, -0.2) is 41.6 Å². The van der Waals surface area contributed by atoms with Gasteiger partial charge in [0, 0.05) is 11.8 Å². The molecular formula is C17H22N2O4. The van der Waals surface area contributed by atoms with Crippen LogP contribution in [0.4, 0.5) is 5.69 Å². The first kappa shape index (κ1) is 17.0. The Morgan fingerprint density at radius 2 is 1.83 bits per heavy atom. The van der Waals surface area contributed by atoms with E-state index in [1.54, 1.807) is 24.3 Å². The predicted molar refractivity (Wildman–Crippen MR) is 86.9 cm³/mol. The van der Waals surface area contributed by atoms with Gasteiger partial charge in [0.15, 0.2) is 0 Å². The fourth-order valence-electron chi connectivity index (χ4n) is 2.00. The molecule has 0 bridgehead atoms. The van der Waals surface area contributed by atoms with E-state index in [1.807, 2.05) is 0 Å². The molecule has 124 valence electrons. The second-order valence-corrected chi connectivity index (χ2v) is 6.58. The molecule has 0 unspecified atom stereocenters. The van der Waals surface area contributed by atoms with Gasteiger partial charge in [0.1, 0.15) is 11.4 Å². The van der Waals surface area contributed by atoms with Crippen molar-refractivity contribution in [2.45, 2.75) is 20.8 Å². The second kappa shape index (κ2) is 6.83. The number of anilines is 1. The lowest BCUT2D eigenvalue weighted by molar-refractivity contribution is -0.137. The van der Waals surface area contributed by atoms with E-state index in [0.717, 1.165) is 10.6 Å². The second-order valence-electron chi connectivity index (χ2n) is 6.58. The number of hydrogen-bond acceptors (Lipinski definition) is 5. The summed E-state index contributed by atoms with van der Waals surface area (Å²) in [4.78, 5) is 24.7. The minimum atomic E-state index is -0.433. The summed E-state index contributed by atoms with van der Waals surface area (Å²) in [6, 6.07) is 7.18. The molecular weight excluding hydrogens is 296 g/mol. The lowest BCUT2D eigenvalue weighted by atomic mass is 9.99. The van der Waals surface area contributed by atoms with Crippen LogP contribution in [0.3, 0.4) is 0 Å². The van der Waals surface area contributed by atoms with Crippen LogP contribution in [0, 0.1) is 5.41 Å². The molecule has 1 aliphatic heterocycles. The lowest BCUT2D eigenvalue weighted by Crippen LogP contribution is -2.34. The van der Waals surface area contributed by atoms with Crippen LogP contribution in [0.25, 0.3) is 0 Å². The van der Waals surface area contributed by atoms with Gasteiger partial charge in [0.05, 0.1) is 19.8 Å². The van der Waals surface area contributed by atoms with Gasteiger partial charge in [-0.1, -0.05) is 20.8 Å². The molecule has 1 aromatic rings. The van der Waals surface area contributed by atoms with Crippen molar-refractivity contribution in [3.05, 3.63) is 36.0 Å². The summed E-state index contributed by atoms with van der Waals surface area (Å²) < 4.78 is 5.68. The average Bonchev–Trinajstić information content (AvgIpc) is 2.74. The lowest BCUT2D eigenvalue weighted by Gasteiger charge is -2.19. The number of benzene rings is 1. The molecule has 1 aliphatic rings. The van der Waals surface area contributed by atoms with Crippen LogP contribution in [0.2, 0.25) is 0 Å². The molecule has 1 aromatic carbocycles. The summed E-state index contributed by atoms with van der Waals surface area (Å²) in [5, 5.41) is 11.8. The molecule has 0 aromatic heterocycles. The molecule has 6 nitrogen and oxygen atoms in total. The molecule has 0 saturated carbocycles. The van der Waals surface area contributed by atoms with Gasteiger partial charge in [0.2, 0.25) is 0 Å². The highest BCUT2D eigenvalue weighted by Gasteiger charge is 2.30. The topological polar surface area (TPSA) is 78.9 Å². The van der Waals surface area contributed by atoms with Gasteiger partial charge in [-0.05, 0) is 29.7 Å². The van der Waals surface area contributed by atoms with Crippen LogP contribution in [-0.2, 0) is 9.59 Å². The first-order chi connectivity index (χ1) is 10.8. The van der Waals surface area contributed by atoms with Gasteiger partial charge in [0.25, 0.3) is 11.8 Å². The third kappa shape index (κ3) is 4.56. The summed E-state index contributed by atoms with van der Waals surface area (Å²) in [6.45, 7) is 6.63. The third-order valence-corrected chi connectivity index (χ3v) is 3.14. The van der Waals surface area contributed by atoms with Gasteiger partial charge in [-0.15, -0.1) is 0 Å². The van der Waals surface area contributed by atoms with E-state index < -0.39 is 11.8 Å². The summed E-state index contributed by atoms with van der Waals surface area (Å²) in [6.07, 6.45) is 1.24. The van der Waals surface area contributed by atoms with Gasteiger partial charge in [-0.2, -0.15) is 0 Å². The molecule has 2 amide bonds. The van der Waals surface area contributed by atoms with Crippen LogP contribution < -0.4 is 10.1 Å². The van der Waals surface area contributed by atoms with E-state index in [1.165, 1.54) is 6.08 Å². The smallest absolute Gasteiger partial charge is 0.277 e. The number of amides is 2.